The molecule has 8 aromatic rings. The minimum atomic E-state index is -1.67. The second kappa shape index (κ2) is 50.7. The van der Waals surface area contributed by atoms with Crippen LogP contribution >= 0.6 is 0 Å². The lowest BCUT2D eigenvalue weighted by molar-refractivity contribution is 0.327. The molecule has 0 radical (unpaired) electrons. The van der Waals surface area contributed by atoms with Crippen LogP contribution in [0.1, 0.15) is 468 Å². The first kappa shape index (κ1) is 113. The van der Waals surface area contributed by atoms with Gasteiger partial charge in [-0.2, -0.15) is 0 Å². The van der Waals surface area contributed by atoms with Crippen molar-refractivity contribution in [1.82, 2.24) is 0 Å². The third kappa shape index (κ3) is 28.6. The monoisotopic (exact) mass is 1920 g/mol. The summed E-state index contributed by atoms with van der Waals surface area (Å²) in [5.74, 6) is 11.2. The molecule has 8 aromatic carbocycles. The SMILES string of the molecule is CC(C)CCC[C@H](C)CCC1(CC[C@@H](C)CCCC(C)C)c2cc(-c3ccc4c(c3)C(CC[C@@H](C)CCCC(C)C)(CC[C@@H](C)CCCC(C)C)c3cc(-c5ccc6c(c5)C(CC[C@@H](C)CCCC(C)C)(CC[C@@H](C)CCCC(C)C)c5cc([Si](C)(C)C)ccc5-6)ccc3-4)ccc2-c2ccc(-c3ccc4c(c3)C(CC[C@@H](C)CCCC(C)C)(CC[C@@H](C)CCCC(C)C)c3cc([Si](C)(C)C)ccc3-4)cc21. The van der Waals surface area contributed by atoms with Crippen LogP contribution in [-0.4, -0.2) is 16.1 Å². The van der Waals surface area contributed by atoms with Gasteiger partial charge in [0.2, 0.25) is 0 Å². The molecule has 0 aliphatic heterocycles. The van der Waals surface area contributed by atoms with Crippen molar-refractivity contribution in [3.05, 3.63) is 190 Å². The molecule has 0 heterocycles. The molecule has 0 N–H and O–H groups in total. The topological polar surface area (TPSA) is 0 Å². The van der Waals surface area contributed by atoms with E-state index in [9.17, 15) is 0 Å². The first-order chi connectivity index (χ1) is 66.4. The average molecular weight is 1930 g/mol. The molecule has 770 valence electrons. The van der Waals surface area contributed by atoms with Crippen LogP contribution in [-0.2, 0) is 21.7 Å². The smallest absolute Gasteiger partial charge is 0.0656 e. The third-order valence-corrected chi connectivity index (χ3v) is 40.6. The molecular formula is C138H210Si2. The Morgan fingerprint density at radius 3 is 0.414 bits per heavy atom. The predicted octanol–water partition coefficient (Wildman–Crippen LogP) is 42.8. The zero-order chi connectivity index (χ0) is 101. The molecule has 4 aliphatic rings. The van der Waals surface area contributed by atoms with E-state index in [1.807, 2.05) is 0 Å². The van der Waals surface area contributed by atoms with Gasteiger partial charge in [-0.05, 0) is 356 Å². The average Bonchev–Trinajstić information content (AvgIpc) is 1.55. The van der Waals surface area contributed by atoms with E-state index >= 15 is 0 Å². The zero-order valence-electron chi connectivity index (χ0n) is 96.4. The molecule has 0 saturated heterocycles. The van der Waals surface area contributed by atoms with E-state index in [0.717, 1.165) is 47.3 Å². The molecule has 0 fully saturated rings. The number of rotatable bonds is 61. The molecular weight excluding hydrogens is 1710 g/mol. The van der Waals surface area contributed by atoms with Crippen molar-refractivity contribution in [3.8, 4) is 77.9 Å². The van der Waals surface area contributed by atoms with Gasteiger partial charge in [0.1, 0.15) is 0 Å². The van der Waals surface area contributed by atoms with Gasteiger partial charge in [-0.3, -0.25) is 0 Å². The molecule has 2 heteroatoms. The normalized spacial score (nSPS) is 16.6. The molecule has 8 atom stereocenters. The molecule has 0 saturated carbocycles. The van der Waals surface area contributed by atoms with Crippen molar-refractivity contribution in [3.63, 3.8) is 0 Å². The Morgan fingerprint density at radius 1 is 0.157 bits per heavy atom. The highest BCUT2D eigenvalue weighted by Gasteiger charge is 2.50. The van der Waals surface area contributed by atoms with Crippen molar-refractivity contribution < 1.29 is 0 Å². The Labute approximate surface area is 866 Å². The van der Waals surface area contributed by atoms with Crippen LogP contribution in [0.15, 0.2) is 146 Å². The maximum absolute atomic E-state index is 2.85. The van der Waals surface area contributed by atoms with Crippen LogP contribution in [0.25, 0.3) is 77.9 Å². The van der Waals surface area contributed by atoms with Gasteiger partial charge < -0.3 is 0 Å². The highest BCUT2D eigenvalue weighted by atomic mass is 28.3. The quantitative estimate of drug-likeness (QED) is 0.0333. The fourth-order valence-electron chi connectivity index (χ4n) is 26.7. The van der Waals surface area contributed by atoms with Crippen LogP contribution < -0.4 is 10.4 Å². The van der Waals surface area contributed by atoms with E-state index in [0.29, 0.717) is 47.3 Å². The second-order valence-electron chi connectivity index (χ2n) is 54.7. The third-order valence-electron chi connectivity index (χ3n) is 36.5. The first-order valence-corrected chi connectivity index (χ1v) is 66.6. The molecule has 0 amide bonds. The molecule has 140 heavy (non-hydrogen) atoms. The summed E-state index contributed by atoms with van der Waals surface area (Å²) in [5, 5.41) is 3.24. The summed E-state index contributed by atoms with van der Waals surface area (Å²) in [5.41, 5.74) is 33.3. The van der Waals surface area contributed by atoms with Gasteiger partial charge in [0.25, 0.3) is 0 Å². The summed E-state index contributed by atoms with van der Waals surface area (Å²) in [6, 6.07) is 64.5. The lowest BCUT2D eigenvalue weighted by Gasteiger charge is -2.36. The summed E-state index contributed by atoms with van der Waals surface area (Å²) >= 11 is 0. The van der Waals surface area contributed by atoms with Gasteiger partial charge >= 0.3 is 0 Å². The maximum atomic E-state index is 2.85. The second-order valence-corrected chi connectivity index (χ2v) is 64.8. The minimum absolute atomic E-state index is 0.0428. The van der Waals surface area contributed by atoms with E-state index < -0.39 is 16.1 Å². The summed E-state index contributed by atoms with van der Waals surface area (Å²) in [6.07, 6.45) is 51.3. The zero-order valence-corrected chi connectivity index (χ0v) is 98.4. The molecule has 0 aromatic heterocycles. The Balaban J connectivity index is 1.03. The van der Waals surface area contributed by atoms with Crippen molar-refractivity contribution in [2.24, 2.45) is 94.7 Å². The van der Waals surface area contributed by atoms with Crippen LogP contribution in [0.3, 0.4) is 0 Å². The lowest BCUT2D eigenvalue weighted by Crippen LogP contribution is -2.39. The van der Waals surface area contributed by atoms with Crippen LogP contribution in [0.4, 0.5) is 0 Å². The Kier molecular flexibility index (Phi) is 40.9. The molecule has 0 nitrogen and oxygen atoms in total. The highest BCUT2D eigenvalue weighted by Crippen LogP contribution is 2.63. The largest absolute Gasteiger partial charge is 0.0776 e. The van der Waals surface area contributed by atoms with E-state index in [1.54, 1.807) is 54.9 Å². The van der Waals surface area contributed by atoms with E-state index in [2.05, 4.69) is 351 Å². The van der Waals surface area contributed by atoms with Crippen molar-refractivity contribution in [2.75, 3.05) is 0 Å². The molecule has 0 bridgehead atoms. The van der Waals surface area contributed by atoms with Crippen molar-refractivity contribution in [1.29, 1.82) is 0 Å². The fraction of sp³-hybridized carbons (Fsp3) is 0.652. The lowest BCUT2D eigenvalue weighted by atomic mass is 9.67. The number of fused-ring (bicyclic) bond motifs is 12. The Bertz CT molecular complexity index is 4780. The van der Waals surface area contributed by atoms with E-state index in [-0.39, 0.29) is 21.7 Å². The first-order valence-electron chi connectivity index (χ1n) is 59.6. The van der Waals surface area contributed by atoms with Gasteiger partial charge in [-0.25, -0.2) is 0 Å². The number of hydrogen-bond acceptors (Lipinski definition) is 0. The van der Waals surface area contributed by atoms with Gasteiger partial charge in [-0.15, -0.1) is 0 Å². The van der Waals surface area contributed by atoms with Crippen molar-refractivity contribution >= 4 is 26.5 Å². The van der Waals surface area contributed by atoms with E-state index in [4.69, 9.17) is 0 Å². The molecule has 0 spiro atoms. The van der Waals surface area contributed by atoms with Gasteiger partial charge in [0.05, 0.1) is 16.1 Å². The molecule has 12 rings (SSSR count). The van der Waals surface area contributed by atoms with Gasteiger partial charge in [-0.1, -0.05) is 479 Å². The highest BCUT2D eigenvalue weighted by molar-refractivity contribution is 6.89. The van der Waals surface area contributed by atoms with Crippen LogP contribution in [0.2, 0.25) is 39.3 Å². The van der Waals surface area contributed by atoms with Crippen LogP contribution in [0.5, 0.6) is 0 Å². The fourth-order valence-corrected chi connectivity index (χ4v) is 29.1. The summed E-state index contributed by atoms with van der Waals surface area (Å²) in [6.45, 7) is 75.5. The van der Waals surface area contributed by atoms with E-state index in [1.165, 1.54) is 335 Å². The van der Waals surface area contributed by atoms with Gasteiger partial charge in [0.15, 0.2) is 0 Å². The summed E-state index contributed by atoms with van der Waals surface area (Å²) in [4.78, 5) is 0. The Morgan fingerprint density at radius 2 is 0.286 bits per heavy atom. The summed E-state index contributed by atoms with van der Waals surface area (Å²) in [7, 11) is -3.34. The number of benzene rings is 8. The van der Waals surface area contributed by atoms with Gasteiger partial charge in [0, 0.05) is 21.7 Å². The minimum Gasteiger partial charge on any atom is -0.0656 e. The maximum Gasteiger partial charge on any atom is 0.0776 e. The standard InChI is InChI=1S/C138H210Si2/c1-95(2)39-31-47-103(17)71-79-135(80-72-104(18)48-32-40-96(3)4)127-87-111(55-63-119(127)121-65-57-113(89-129(121)135)115-59-67-123-125-69-61-117(139(25,26)27)93-133(125)137(131(123)91-115,83-75-107(21)51-35-43-99(9)10)84-76-108(22)52-36-44-100(11)12)112-56-64-120-122-66-58-114(90-130(122)136(128(120)88-112,81-73-105(19)49-33-41-97(5)6)82-74-106(20)50-34-42-98(7)8)116-60-68-124-126-70-62-118(140(28,29)30)94-134(126)138(132(124)92-116,85-77-109(23)53-37-45-101(13)14)86-78-110(24)54-38-46-102(15)16/h55-70,87-110H,31-54,71-86H2,1-30H3/t103-,104-,105-,106-,107-,108-,109-,110-/m0/s1. The molecule has 4 aliphatic carbocycles. The summed E-state index contributed by atoms with van der Waals surface area (Å²) < 4.78 is 0. The van der Waals surface area contributed by atoms with Crippen LogP contribution in [0, 0.1) is 94.7 Å². The molecule has 0 unspecified atom stereocenters. The predicted molar refractivity (Wildman–Crippen MR) is 630 cm³/mol. The number of hydrogen-bond donors (Lipinski definition) is 0. The van der Waals surface area contributed by atoms with Crippen molar-refractivity contribution in [2.45, 2.75) is 484 Å². The Hall–Kier alpha value is -5.81.